The zero-order valence-electron chi connectivity index (χ0n) is 8.68. The summed E-state index contributed by atoms with van der Waals surface area (Å²) in [7, 11) is 0. The number of ketones is 1. The lowest BCUT2D eigenvalue weighted by atomic mass is 9.99. The highest BCUT2D eigenvalue weighted by Gasteiger charge is 2.23. The number of nitrogens with zero attached hydrogens (tertiary/aromatic N) is 1. The molecule has 1 aliphatic rings. The van der Waals surface area contributed by atoms with Gasteiger partial charge in [0, 0.05) is 18.2 Å². The third-order valence-corrected chi connectivity index (χ3v) is 2.70. The minimum atomic E-state index is -1.12. The van der Waals surface area contributed by atoms with E-state index in [0.29, 0.717) is 10.6 Å². The Morgan fingerprint density at radius 2 is 2.06 bits per heavy atom. The number of carbonyl (C=O) groups excluding carboxylic acids is 1. The standard InChI is InChI=1S/C12H8ClNO3/c13-9-4-2-1-3-8(9)11-10(15)5-7(6-14-11)12(16)17/h1-4,6H,5H2,(H,16,17). The molecular formula is C12H8ClNO3. The molecule has 2 rings (SSSR count). The van der Waals surface area contributed by atoms with Crippen LogP contribution < -0.4 is 0 Å². The summed E-state index contributed by atoms with van der Waals surface area (Å²) in [5.74, 6) is -1.46. The maximum Gasteiger partial charge on any atom is 0.333 e. The number of hydrogen-bond donors (Lipinski definition) is 1. The lowest BCUT2D eigenvalue weighted by Gasteiger charge is -2.11. The summed E-state index contributed by atoms with van der Waals surface area (Å²) >= 11 is 5.95. The summed E-state index contributed by atoms with van der Waals surface area (Å²) in [4.78, 5) is 26.3. The van der Waals surface area contributed by atoms with Crippen LogP contribution in [0.3, 0.4) is 0 Å². The Balaban J connectivity index is 2.44. The van der Waals surface area contributed by atoms with Crippen molar-refractivity contribution in [3.63, 3.8) is 0 Å². The van der Waals surface area contributed by atoms with E-state index in [9.17, 15) is 9.59 Å². The molecule has 1 aliphatic heterocycles. The minimum Gasteiger partial charge on any atom is -0.478 e. The molecule has 86 valence electrons. The Labute approximate surface area is 102 Å². The summed E-state index contributed by atoms with van der Waals surface area (Å²) in [6, 6.07) is 6.83. The van der Waals surface area contributed by atoms with Gasteiger partial charge < -0.3 is 5.11 Å². The second kappa shape index (κ2) is 4.51. The van der Waals surface area contributed by atoms with Crippen LogP contribution in [0.2, 0.25) is 5.02 Å². The highest BCUT2D eigenvalue weighted by Crippen LogP contribution is 2.20. The fourth-order valence-electron chi connectivity index (χ4n) is 1.52. The number of aliphatic carboxylic acids is 1. The van der Waals surface area contributed by atoms with Gasteiger partial charge in [0.25, 0.3) is 0 Å². The van der Waals surface area contributed by atoms with Crippen molar-refractivity contribution in [1.82, 2.24) is 0 Å². The van der Waals surface area contributed by atoms with Crippen molar-refractivity contribution in [2.24, 2.45) is 4.99 Å². The molecule has 1 aromatic rings. The van der Waals surface area contributed by atoms with Crippen LogP contribution in [0.4, 0.5) is 0 Å². The first-order valence-electron chi connectivity index (χ1n) is 4.88. The molecule has 4 nitrogen and oxygen atoms in total. The normalized spacial score (nSPS) is 15.2. The second-order valence-electron chi connectivity index (χ2n) is 3.52. The Kier molecular flexibility index (Phi) is 3.06. The minimum absolute atomic E-state index is 0.00852. The predicted octanol–water partition coefficient (Wildman–Crippen LogP) is 2.07. The van der Waals surface area contributed by atoms with Gasteiger partial charge in [-0.1, -0.05) is 29.8 Å². The van der Waals surface area contributed by atoms with Crippen molar-refractivity contribution in [1.29, 1.82) is 0 Å². The quantitative estimate of drug-likeness (QED) is 0.873. The number of carboxylic acid groups (broad SMARTS) is 1. The zero-order valence-corrected chi connectivity index (χ0v) is 9.44. The molecule has 0 bridgehead atoms. The van der Waals surface area contributed by atoms with Gasteiger partial charge in [0.15, 0.2) is 5.78 Å². The highest BCUT2D eigenvalue weighted by atomic mass is 35.5. The zero-order chi connectivity index (χ0) is 12.4. The Hall–Kier alpha value is -1.94. The summed E-state index contributed by atoms with van der Waals surface area (Å²) in [5, 5.41) is 9.17. The number of hydrogen-bond acceptors (Lipinski definition) is 3. The fourth-order valence-corrected chi connectivity index (χ4v) is 1.75. The summed E-state index contributed by atoms with van der Waals surface area (Å²) in [5.41, 5.74) is 0.728. The van der Waals surface area contributed by atoms with E-state index < -0.39 is 5.97 Å². The van der Waals surface area contributed by atoms with E-state index in [1.165, 1.54) is 6.20 Å². The van der Waals surface area contributed by atoms with Gasteiger partial charge in [-0.25, -0.2) is 4.79 Å². The number of Topliss-reactive ketones (excluding diaryl/α,β-unsaturated/α-hetero) is 1. The SMILES string of the molecule is O=C(O)C1=CN=C(c2ccccc2Cl)C(=O)C1. The summed E-state index contributed by atoms with van der Waals surface area (Å²) in [6.07, 6.45) is 1.04. The van der Waals surface area contributed by atoms with Crippen molar-refractivity contribution < 1.29 is 14.7 Å². The second-order valence-corrected chi connectivity index (χ2v) is 3.92. The van der Waals surface area contributed by atoms with Crippen LogP contribution in [-0.2, 0) is 9.59 Å². The van der Waals surface area contributed by atoms with E-state index in [-0.39, 0.29) is 23.5 Å². The summed E-state index contributed by atoms with van der Waals surface area (Å²) < 4.78 is 0. The molecule has 0 amide bonds. The van der Waals surface area contributed by atoms with Gasteiger partial charge in [0.1, 0.15) is 5.71 Å². The van der Waals surface area contributed by atoms with E-state index in [4.69, 9.17) is 16.7 Å². The molecule has 0 atom stereocenters. The number of benzene rings is 1. The van der Waals surface area contributed by atoms with Crippen molar-refractivity contribution in [3.05, 3.63) is 46.6 Å². The molecule has 1 N–H and O–H groups in total. The van der Waals surface area contributed by atoms with Crippen LogP contribution in [0.5, 0.6) is 0 Å². The van der Waals surface area contributed by atoms with E-state index >= 15 is 0 Å². The number of aliphatic imine (C=N–C) groups is 1. The molecule has 0 unspecified atom stereocenters. The molecule has 0 spiro atoms. The number of halogens is 1. The topological polar surface area (TPSA) is 66.7 Å². The van der Waals surface area contributed by atoms with E-state index in [1.54, 1.807) is 24.3 Å². The van der Waals surface area contributed by atoms with Gasteiger partial charge in [-0.05, 0) is 6.07 Å². The molecule has 0 saturated carbocycles. The molecule has 17 heavy (non-hydrogen) atoms. The monoisotopic (exact) mass is 249 g/mol. The third kappa shape index (κ3) is 2.26. The lowest BCUT2D eigenvalue weighted by Crippen LogP contribution is -2.21. The first kappa shape index (κ1) is 11.5. The Morgan fingerprint density at radius 1 is 1.35 bits per heavy atom. The van der Waals surface area contributed by atoms with Crippen LogP contribution in [0.25, 0.3) is 0 Å². The molecule has 0 aromatic heterocycles. The predicted molar refractivity (Wildman–Crippen MR) is 63.3 cm³/mol. The van der Waals surface area contributed by atoms with E-state index in [1.807, 2.05) is 0 Å². The number of carbonyl (C=O) groups is 2. The van der Waals surface area contributed by atoms with E-state index in [0.717, 1.165) is 0 Å². The van der Waals surface area contributed by atoms with E-state index in [2.05, 4.69) is 4.99 Å². The van der Waals surface area contributed by atoms with Crippen LogP contribution >= 0.6 is 11.6 Å². The molecule has 0 saturated heterocycles. The molecule has 0 fully saturated rings. The van der Waals surface area contributed by atoms with Crippen molar-refractivity contribution >= 4 is 29.1 Å². The van der Waals surface area contributed by atoms with Gasteiger partial charge in [-0.15, -0.1) is 0 Å². The van der Waals surface area contributed by atoms with Crippen molar-refractivity contribution in [2.75, 3.05) is 0 Å². The van der Waals surface area contributed by atoms with Crippen molar-refractivity contribution in [3.8, 4) is 0 Å². The molecule has 1 aromatic carbocycles. The van der Waals surface area contributed by atoms with Crippen LogP contribution in [0.1, 0.15) is 12.0 Å². The summed E-state index contributed by atoms with van der Waals surface area (Å²) in [6.45, 7) is 0. The number of carboxylic acids is 1. The molecule has 0 radical (unpaired) electrons. The highest BCUT2D eigenvalue weighted by molar-refractivity contribution is 6.50. The molecule has 0 aliphatic carbocycles. The fraction of sp³-hybridized carbons (Fsp3) is 0.0833. The van der Waals surface area contributed by atoms with Gasteiger partial charge in [-0.2, -0.15) is 0 Å². The Morgan fingerprint density at radius 3 is 2.65 bits per heavy atom. The first-order chi connectivity index (χ1) is 8.09. The maximum atomic E-state index is 11.8. The lowest BCUT2D eigenvalue weighted by molar-refractivity contribution is -0.133. The maximum absolute atomic E-state index is 11.8. The van der Waals surface area contributed by atoms with Crippen molar-refractivity contribution in [2.45, 2.75) is 6.42 Å². The largest absolute Gasteiger partial charge is 0.478 e. The van der Waals surface area contributed by atoms with Crippen LogP contribution in [-0.4, -0.2) is 22.6 Å². The van der Waals surface area contributed by atoms with Crippen LogP contribution in [0.15, 0.2) is 41.0 Å². The van der Waals surface area contributed by atoms with Gasteiger partial charge in [0.05, 0.1) is 10.6 Å². The third-order valence-electron chi connectivity index (χ3n) is 2.37. The molecule has 1 heterocycles. The van der Waals surface area contributed by atoms with Gasteiger partial charge >= 0.3 is 5.97 Å². The van der Waals surface area contributed by atoms with Crippen LogP contribution in [0, 0.1) is 0 Å². The first-order valence-corrected chi connectivity index (χ1v) is 5.25. The number of rotatable bonds is 2. The molecule has 5 heteroatoms. The molecular weight excluding hydrogens is 242 g/mol. The average molecular weight is 250 g/mol. The van der Waals surface area contributed by atoms with Gasteiger partial charge in [0.2, 0.25) is 0 Å². The van der Waals surface area contributed by atoms with Gasteiger partial charge in [-0.3, -0.25) is 9.79 Å². The Bertz CT molecular complexity index is 561. The average Bonchev–Trinajstić information content (AvgIpc) is 2.30. The smallest absolute Gasteiger partial charge is 0.333 e.